The van der Waals surface area contributed by atoms with E-state index >= 15 is 0 Å². The highest BCUT2D eigenvalue weighted by Crippen LogP contribution is 2.26. The van der Waals surface area contributed by atoms with Crippen LogP contribution in [0.1, 0.15) is 22.3 Å². The first-order valence-electron chi connectivity index (χ1n) is 10.3. The SMILES string of the molecule is O=C(NCc1ccc(Cl)cc1)[C@@H]1C[C@@H](O)CN1C(=O)c1cccc(-c2cccc(O)c2)c1. The number of phenols is 1. The van der Waals surface area contributed by atoms with E-state index in [0.717, 1.165) is 16.7 Å². The number of benzene rings is 3. The minimum absolute atomic E-state index is 0.0915. The van der Waals surface area contributed by atoms with Crippen LogP contribution in [0.25, 0.3) is 11.1 Å². The Morgan fingerprint density at radius 2 is 1.69 bits per heavy atom. The van der Waals surface area contributed by atoms with Crippen LogP contribution in [0.2, 0.25) is 5.02 Å². The number of amides is 2. The van der Waals surface area contributed by atoms with Gasteiger partial charge in [0, 0.05) is 30.1 Å². The summed E-state index contributed by atoms with van der Waals surface area (Å²) in [5.74, 6) is -0.497. The summed E-state index contributed by atoms with van der Waals surface area (Å²) in [6.07, 6.45) is -0.579. The van der Waals surface area contributed by atoms with Gasteiger partial charge in [0.25, 0.3) is 5.91 Å². The Labute approximate surface area is 191 Å². The zero-order valence-corrected chi connectivity index (χ0v) is 18.0. The van der Waals surface area contributed by atoms with E-state index in [-0.39, 0.29) is 30.5 Å². The van der Waals surface area contributed by atoms with E-state index in [1.807, 2.05) is 24.3 Å². The van der Waals surface area contributed by atoms with Gasteiger partial charge in [-0.05, 0) is 53.1 Å². The lowest BCUT2D eigenvalue weighted by Crippen LogP contribution is -2.45. The molecule has 0 spiro atoms. The highest BCUT2D eigenvalue weighted by Gasteiger charge is 2.39. The van der Waals surface area contributed by atoms with Crippen LogP contribution >= 0.6 is 11.6 Å². The number of aliphatic hydroxyl groups is 1. The molecule has 2 amide bonds. The van der Waals surface area contributed by atoms with E-state index < -0.39 is 12.1 Å². The average Bonchev–Trinajstić information content (AvgIpc) is 3.20. The Bertz CT molecular complexity index is 1130. The van der Waals surface area contributed by atoms with Gasteiger partial charge in [-0.15, -0.1) is 0 Å². The van der Waals surface area contributed by atoms with Crippen LogP contribution in [0.5, 0.6) is 5.75 Å². The summed E-state index contributed by atoms with van der Waals surface area (Å²) in [4.78, 5) is 27.5. The van der Waals surface area contributed by atoms with Crippen LogP contribution in [-0.4, -0.2) is 45.6 Å². The molecule has 32 heavy (non-hydrogen) atoms. The van der Waals surface area contributed by atoms with Gasteiger partial charge < -0.3 is 20.4 Å². The number of carbonyl (C=O) groups excluding carboxylic acids is 2. The first kappa shape index (κ1) is 21.9. The van der Waals surface area contributed by atoms with Crippen LogP contribution in [0.3, 0.4) is 0 Å². The fraction of sp³-hybridized carbons (Fsp3) is 0.200. The predicted octanol–water partition coefficient (Wildman–Crippen LogP) is 3.60. The van der Waals surface area contributed by atoms with E-state index in [9.17, 15) is 19.8 Å². The number of hydrogen-bond donors (Lipinski definition) is 3. The van der Waals surface area contributed by atoms with Crippen molar-refractivity contribution in [1.29, 1.82) is 0 Å². The lowest BCUT2D eigenvalue weighted by Gasteiger charge is -2.24. The fourth-order valence-corrected chi connectivity index (χ4v) is 4.01. The Balaban J connectivity index is 1.50. The average molecular weight is 451 g/mol. The minimum atomic E-state index is -0.764. The molecule has 164 valence electrons. The highest BCUT2D eigenvalue weighted by atomic mass is 35.5. The third-order valence-corrected chi connectivity index (χ3v) is 5.76. The summed E-state index contributed by atoms with van der Waals surface area (Å²) in [6, 6.07) is 20.2. The lowest BCUT2D eigenvalue weighted by atomic mass is 10.0. The van der Waals surface area contributed by atoms with Crippen LogP contribution in [0, 0.1) is 0 Å². The highest BCUT2D eigenvalue weighted by molar-refractivity contribution is 6.30. The number of aromatic hydroxyl groups is 1. The molecule has 0 radical (unpaired) electrons. The molecule has 2 atom stereocenters. The van der Waals surface area contributed by atoms with Crippen molar-refractivity contribution in [3.8, 4) is 16.9 Å². The zero-order valence-electron chi connectivity index (χ0n) is 17.2. The second-order valence-corrected chi connectivity index (χ2v) is 8.27. The van der Waals surface area contributed by atoms with Gasteiger partial charge in [0.05, 0.1) is 6.10 Å². The van der Waals surface area contributed by atoms with Crippen molar-refractivity contribution < 1.29 is 19.8 Å². The summed E-state index contributed by atoms with van der Waals surface area (Å²) < 4.78 is 0. The van der Waals surface area contributed by atoms with Crippen LogP contribution in [0.15, 0.2) is 72.8 Å². The van der Waals surface area contributed by atoms with Crippen LogP contribution in [0.4, 0.5) is 0 Å². The summed E-state index contributed by atoms with van der Waals surface area (Å²) in [5.41, 5.74) is 2.85. The monoisotopic (exact) mass is 450 g/mol. The van der Waals surface area contributed by atoms with E-state index in [0.29, 0.717) is 17.1 Å². The van der Waals surface area contributed by atoms with Crippen molar-refractivity contribution in [2.75, 3.05) is 6.54 Å². The summed E-state index contributed by atoms with van der Waals surface area (Å²) >= 11 is 5.89. The Morgan fingerprint density at radius 3 is 2.41 bits per heavy atom. The molecule has 0 aromatic heterocycles. The van der Waals surface area contributed by atoms with Gasteiger partial charge in [0.2, 0.25) is 5.91 Å². The molecule has 1 aliphatic rings. The molecule has 1 aliphatic heterocycles. The number of nitrogens with one attached hydrogen (secondary N) is 1. The molecular weight excluding hydrogens is 428 g/mol. The predicted molar refractivity (Wildman–Crippen MR) is 122 cm³/mol. The third-order valence-electron chi connectivity index (χ3n) is 5.51. The van der Waals surface area contributed by atoms with Crippen molar-refractivity contribution in [2.24, 2.45) is 0 Å². The number of β-amino-alcohol motifs (C(OH)–C–C–N with tert-alkyl or cyclic N) is 1. The van der Waals surface area contributed by atoms with Crippen molar-refractivity contribution in [2.45, 2.75) is 25.1 Å². The summed E-state index contributed by atoms with van der Waals surface area (Å²) in [6.45, 7) is 0.395. The molecule has 0 aliphatic carbocycles. The minimum Gasteiger partial charge on any atom is -0.508 e. The number of likely N-dealkylation sites (tertiary alicyclic amines) is 1. The zero-order chi connectivity index (χ0) is 22.7. The molecule has 4 rings (SSSR count). The lowest BCUT2D eigenvalue weighted by molar-refractivity contribution is -0.125. The molecule has 1 heterocycles. The Hall–Kier alpha value is -3.35. The van der Waals surface area contributed by atoms with Gasteiger partial charge in [-0.25, -0.2) is 0 Å². The van der Waals surface area contributed by atoms with Gasteiger partial charge in [-0.1, -0.05) is 48.0 Å². The van der Waals surface area contributed by atoms with Crippen molar-refractivity contribution >= 4 is 23.4 Å². The van der Waals surface area contributed by atoms with E-state index in [1.165, 1.54) is 4.90 Å². The molecule has 1 fully saturated rings. The van der Waals surface area contributed by atoms with Crippen LogP contribution < -0.4 is 5.32 Å². The molecule has 3 N–H and O–H groups in total. The Morgan fingerprint density at radius 1 is 1.00 bits per heavy atom. The number of phenolic OH excluding ortho intramolecular Hbond substituents is 1. The van der Waals surface area contributed by atoms with E-state index in [2.05, 4.69) is 5.32 Å². The van der Waals surface area contributed by atoms with Crippen molar-refractivity contribution in [1.82, 2.24) is 10.2 Å². The molecule has 6 nitrogen and oxygen atoms in total. The quantitative estimate of drug-likeness (QED) is 0.554. The maximum atomic E-state index is 13.2. The largest absolute Gasteiger partial charge is 0.508 e. The summed E-state index contributed by atoms with van der Waals surface area (Å²) in [5, 5.41) is 23.4. The normalized spacial score (nSPS) is 17.9. The summed E-state index contributed by atoms with van der Waals surface area (Å²) in [7, 11) is 0. The van der Waals surface area contributed by atoms with Crippen molar-refractivity contribution in [3.05, 3.63) is 88.9 Å². The number of nitrogens with zero attached hydrogens (tertiary/aromatic N) is 1. The second kappa shape index (κ2) is 9.42. The molecular formula is C25H23ClN2O4. The van der Waals surface area contributed by atoms with Gasteiger partial charge in [0.1, 0.15) is 11.8 Å². The van der Waals surface area contributed by atoms with E-state index in [1.54, 1.807) is 48.5 Å². The number of halogens is 1. The molecule has 0 unspecified atom stereocenters. The maximum absolute atomic E-state index is 13.2. The number of hydrogen-bond acceptors (Lipinski definition) is 4. The maximum Gasteiger partial charge on any atom is 0.254 e. The number of rotatable bonds is 5. The first-order chi connectivity index (χ1) is 15.4. The Kier molecular flexibility index (Phi) is 6.44. The molecule has 0 bridgehead atoms. The van der Waals surface area contributed by atoms with Gasteiger partial charge in [0.15, 0.2) is 0 Å². The number of carbonyl (C=O) groups is 2. The van der Waals surface area contributed by atoms with Crippen LogP contribution in [-0.2, 0) is 11.3 Å². The smallest absolute Gasteiger partial charge is 0.254 e. The standard InChI is InChI=1S/C25H23ClN2O4/c26-20-9-7-16(8-10-20)14-27-24(31)23-13-22(30)15-28(23)25(32)19-5-1-3-17(11-19)18-4-2-6-21(29)12-18/h1-12,22-23,29-30H,13-15H2,(H,27,31)/t22-,23+/m1/s1. The molecule has 1 saturated heterocycles. The van der Waals surface area contributed by atoms with E-state index in [4.69, 9.17) is 11.6 Å². The topological polar surface area (TPSA) is 89.9 Å². The third kappa shape index (κ3) is 4.93. The molecule has 7 heteroatoms. The van der Waals surface area contributed by atoms with Crippen molar-refractivity contribution in [3.63, 3.8) is 0 Å². The molecule has 0 saturated carbocycles. The van der Waals surface area contributed by atoms with Gasteiger partial charge in [-0.2, -0.15) is 0 Å². The first-order valence-corrected chi connectivity index (χ1v) is 10.7. The molecule has 3 aromatic rings. The van der Waals surface area contributed by atoms with Gasteiger partial charge >= 0.3 is 0 Å². The fourth-order valence-electron chi connectivity index (χ4n) is 3.88. The second-order valence-electron chi connectivity index (χ2n) is 7.84. The van der Waals surface area contributed by atoms with Gasteiger partial charge in [-0.3, -0.25) is 9.59 Å². The molecule has 3 aromatic carbocycles. The number of aliphatic hydroxyl groups excluding tert-OH is 1.